The molecule has 1 heterocycles. The van der Waals surface area contributed by atoms with Gasteiger partial charge in [-0.05, 0) is 48.1 Å². The molecule has 1 saturated carbocycles. The predicted octanol–water partition coefficient (Wildman–Crippen LogP) is 4.02. The minimum Gasteiger partial charge on any atom is -0.385 e. The van der Waals surface area contributed by atoms with Gasteiger partial charge in [0.2, 0.25) is 0 Å². The quantitative estimate of drug-likeness (QED) is 0.834. The third-order valence-electron chi connectivity index (χ3n) is 4.62. The average Bonchev–Trinajstić information content (AvgIpc) is 2.42. The Labute approximate surface area is 114 Å². The van der Waals surface area contributed by atoms with Crippen molar-refractivity contribution in [2.75, 3.05) is 0 Å². The second kappa shape index (κ2) is 4.31. The molecule has 0 atom stereocenters. The molecular weight excluding hydrogens is 234 g/mol. The molecule has 0 unspecified atom stereocenters. The monoisotopic (exact) mass is 255 g/mol. The van der Waals surface area contributed by atoms with Crippen LogP contribution in [-0.2, 0) is 5.60 Å². The Morgan fingerprint density at radius 1 is 1.05 bits per heavy atom. The Morgan fingerprint density at radius 2 is 1.79 bits per heavy atom. The van der Waals surface area contributed by atoms with Crippen LogP contribution in [0.15, 0.2) is 36.7 Å². The van der Waals surface area contributed by atoms with Gasteiger partial charge >= 0.3 is 0 Å². The molecule has 0 saturated heterocycles. The van der Waals surface area contributed by atoms with Crippen molar-refractivity contribution < 1.29 is 5.11 Å². The highest BCUT2D eigenvalue weighted by molar-refractivity contribution is 5.85. The summed E-state index contributed by atoms with van der Waals surface area (Å²) in [6.07, 6.45) is 7.50. The van der Waals surface area contributed by atoms with Crippen molar-refractivity contribution in [3.8, 4) is 0 Å². The smallest absolute Gasteiger partial charge is 0.0903 e. The van der Waals surface area contributed by atoms with E-state index in [9.17, 15) is 5.11 Å². The summed E-state index contributed by atoms with van der Waals surface area (Å²) in [5, 5.41) is 13.3. The lowest BCUT2D eigenvalue weighted by Gasteiger charge is -2.41. The maximum Gasteiger partial charge on any atom is 0.0903 e. The van der Waals surface area contributed by atoms with Crippen molar-refractivity contribution >= 4 is 10.8 Å². The van der Waals surface area contributed by atoms with Gasteiger partial charge in [-0.1, -0.05) is 32.0 Å². The van der Waals surface area contributed by atoms with E-state index in [1.165, 1.54) is 0 Å². The lowest BCUT2D eigenvalue weighted by Crippen LogP contribution is -2.34. The number of fused-ring (bicyclic) bond motifs is 1. The molecular formula is C17H21NO. The van der Waals surface area contributed by atoms with Crippen LogP contribution in [0.1, 0.15) is 45.1 Å². The molecule has 0 amide bonds. The molecule has 1 fully saturated rings. The molecule has 0 radical (unpaired) electrons. The molecule has 1 N–H and O–H groups in total. The standard InChI is InChI=1S/C17H21NO/c1-16(2)7-9-17(19,10-8-16)15-5-3-4-13-6-11-18-12-14(13)15/h3-6,11-12,19H,7-10H2,1-2H3. The zero-order valence-corrected chi connectivity index (χ0v) is 11.7. The van der Waals surface area contributed by atoms with Crippen LogP contribution in [0, 0.1) is 5.41 Å². The third kappa shape index (κ3) is 2.25. The van der Waals surface area contributed by atoms with E-state index in [4.69, 9.17) is 0 Å². The predicted molar refractivity (Wildman–Crippen MR) is 77.9 cm³/mol. The van der Waals surface area contributed by atoms with Crippen molar-refractivity contribution in [2.45, 2.75) is 45.1 Å². The summed E-state index contributed by atoms with van der Waals surface area (Å²) in [6.45, 7) is 4.58. The summed E-state index contributed by atoms with van der Waals surface area (Å²) < 4.78 is 0. The van der Waals surface area contributed by atoms with E-state index in [-0.39, 0.29) is 0 Å². The number of hydrogen-bond donors (Lipinski definition) is 1. The van der Waals surface area contributed by atoms with Crippen LogP contribution in [0.3, 0.4) is 0 Å². The van der Waals surface area contributed by atoms with E-state index < -0.39 is 5.60 Å². The van der Waals surface area contributed by atoms with Gasteiger partial charge in [0.25, 0.3) is 0 Å². The van der Waals surface area contributed by atoms with Crippen LogP contribution in [-0.4, -0.2) is 10.1 Å². The van der Waals surface area contributed by atoms with Crippen molar-refractivity contribution in [3.63, 3.8) is 0 Å². The zero-order valence-electron chi connectivity index (χ0n) is 11.7. The van der Waals surface area contributed by atoms with E-state index in [2.05, 4.69) is 31.0 Å². The molecule has 19 heavy (non-hydrogen) atoms. The Hall–Kier alpha value is -1.41. The van der Waals surface area contributed by atoms with E-state index in [1.807, 2.05) is 18.3 Å². The van der Waals surface area contributed by atoms with Gasteiger partial charge in [-0.15, -0.1) is 0 Å². The van der Waals surface area contributed by atoms with Gasteiger partial charge in [0.15, 0.2) is 0 Å². The minimum atomic E-state index is -0.682. The first-order valence-electron chi connectivity index (χ1n) is 7.06. The first kappa shape index (κ1) is 12.6. The van der Waals surface area contributed by atoms with Crippen molar-refractivity contribution in [3.05, 3.63) is 42.2 Å². The maximum absolute atomic E-state index is 11.0. The number of pyridine rings is 1. The molecule has 3 rings (SSSR count). The fraction of sp³-hybridized carbons (Fsp3) is 0.471. The first-order chi connectivity index (χ1) is 9.00. The molecule has 1 aromatic carbocycles. The van der Waals surface area contributed by atoms with Gasteiger partial charge in [0.1, 0.15) is 0 Å². The molecule has 100 valence electrons. The minimum absolute atomic E-state index is 0.356. The molecule has 0 aliphatic heterocycles. The average molecular weight is 255 g/mol. The summed E-state index contributed by atoms with van der Waals surface area (Å²) >= 11 is 0. The van der Waals surface area contributed by atoms with Crippen LogP contribution in [0.2, 0.25) is 0 Å². The second-order valence-corrected chi connectivity index (χ2v) is 6.60. The third-order valence-corrected chi connectivity index (χ3v) is 4.62. The van der Waals surface area contributed by atoms with Gasteiger partial charge < -0.3 is 5.11 Å². The van der Waals surface area contributed by atoms with Crippen LogP contribution in [0.4, 0.5) is 0 Å². The highest BCUT2D eigenvalue weighted by Gasteiger charge is 2.38. The van der Waals surface area contributed by atoms with E-state index in [0.29, 0.717) is 5.41 Å². The number of aliphatic hydroxyl groups is 1. The van der Waals surface area contributed by atoms with E-state index in [1.54, 1.807) is 6.20 Å². The Bertz CT molecular complexity index is 588. The number of hydrogen-bond acceptors (Lipinski definition) is 2. The lowest BCUT2D eigenvalue weighted by atomic mass is 9.68. The summed E-state index contributed by atoms with van der Waals surface area (Å²) in [4.78, 5) is 4.22. The van der Waals surface area contributed by atoms with Crippen LogP contribution in [0.25, 0.3) is 10.8 Å². The Balaban J connectivity index is 2.05. The first-order valence-corrected chi connectivity index (χ1v) is 7.06. The van der Waals surface area contributed by atoms with Crippen molar-refractivity contribution in [1.29, 1.82) is 0 Å². The number of rotatable bonds is 1. The molecule has 1 aromatic heterocycles. The zero-order chi connectivity index (χ0) is 13.5. The summed E-state index contributed by atoms with van der Waals surface area (Å²) in [7, 11) is 0. The van der Waals surface area contributed by atoms with E-state index in [0.717, 1.165) is 42.0 Å². The number of aromatic nitrogens is 1. The molecule has 1 aliphatic carbocycles. The fourth-order valence-electron chi connectivity index (χ4n) is 3.13. The lowest BCUT2D eigenvalue weighted by molar-refractivity contribution is -0.0293. The van der Waals surface area contributed by atoms with Crippen LogP contribution in [0.5, 0.6) is 0 Å². The molecule has 1 aliphatic rings. The van der Waals surface area contributed by atoms with Crippen molar-refractivity contribution in [2.24, 2.45) is 5.41 Å². The van der Waals surface area contributed by atoms with Crippen LogP contribution < -0.4 is 0 Å². The normalized spacial score (nSPS) is 21.4. The molecule has 2 nitrogen and oxygen atoms in total. The van der Waals surface area contributed by atoms with Gasteiger partial charge in [0, 0.05) is 17.8 Å². The van der Waals surface area contributed by atoms with Gasteiger partial charge in [-0.25, -0.2) is 0 Å². The van der Waals surface area contributed by atoms with Crippen molar-refractivity contribution in [1.82, 2.24) is 4.98 Å². The Morgan fingerprint density at radius 3 is 2.53 bits per heavy atom. The number of benzene rings is 1. The SMILES string of the molecule is CC1(C)CCC(O)(c2cccc3ccncc23)CC1. The summed E-state index contributed by atoms with van der Waals surface area (Å²) in [5.41, 5.74) is 0.723. The topological polar surface area (TPSA) is 33.1 Å². The molecule has 0 spiro atoms. The Kier molecular flexibility index (Phi) is 2.86. The second-order valence-electron chi connectivity index (χ2n) is 6.60. The highest BCUT2D eigenvalue weighted by Crippen LogP contribution is 2.46. The van der Waals surface area contributed by atoms with Gasteiger partial charge in [-0.2, -0.15) is 0 Å². The fourth-order valence-corrected chi connectivity index (χ4v) is 3.13. The molecule has 2 aromatic rings. The van der Waals surface area contributed by atoms with E-state index >= 15 is 0 Å². The van der Waals surface area contributed by atoms with Gasteiger partial charge in [-0.3, -0.25) is 4.98 Å². The summed E-state index contributed by atoms with van der Waals surface area (Å²) in [6, 6.07) is 8.18. The summed E-state index contributed by atoms with van der Waals surface area (Å²) in [5.74, 6) is 0. The van der Waals surface area contributed by atoms with Crippen LogP contribution >= 0.6 is 0 Å². The molecule has 0 bridgehead atoms. The maximum atomic E-state index is 11.0. The highest BCUT2D eigenvalue weighted by atomic mass is 16.3. The molecule has 2 heteroatoms. The van der Waals surface area contributed by atoms with Gasteiger partial charge in [0.05, 0.1) is 5.60 Å². The number of nitrogens with zero attached hydrogens (tertiary/aromatic N) is 1. The largest absolute Gasteiger partial charge is 0.385 e.